The normalized spacial score (nSPS) is 7.83. The summed E-state index contributed by atoms with van der Waals surface area (Å²) < 4.78 is 0. The molecule has 0 aliphatic carbocycles. The Hall–Kier alpha value is -1.56. The van der Waals surface area contributed by atoms with Crippen LogP contribution in [0.1, 0.15) is 25.0 Å². The summed E-state index contributed by atoms with van der Waals surface area (Å²) in [4.78, 5) is 13.2. The number of H-pyrrole nitrogens is 1. The van der Waals surface area contributed by atoms with Crippen LogP contribution < -0.4 is 5.56 Å². The predicted octanol–water partition coefficient (Wildman–Crippen LogP) is 1.58. The van der Waals surface area contributed by atoms with E-state index in [1.54, 1.807) is 13.0 Å². The standard InChI is InChI=1S/C7H6N2O.C2H6/c1-5-2-3-9-7(10)6(5)4-8;1-2/h2-3H,1H3,(H,9,10);1-2H3. The molecular weight excluding hydrogens is 152 g/mol. The Bertz CT molecular complexity index is 333. The van der Waals surface area contributed by atoms with Gasteiger partial charge in [-0.05, 0) is 18.6 Å². The Morgan fingerprint density at radius 1 is 1.50 bits per heavy atom. The largest absolute Gasteiger partial charge is 0.328 e. The monoisotopic (exact) mass is 164 g/mol. The summed E-state index contributed by atoms with van der Waals surface area (Å²) in [5, 5.41) is 8.43. The van der Waals surface area contributed by atoms with Crippen molar-refractivity contribution in [3.63, 3.8) is 0 Å². The van der Waals surface area contributed by atoms with Crippen LogP contribution in [0.2, 0.25) is 0 Å². The van der Waals surface area contributed by atoms with E-state index >= 15 is 0 Å². The first kappa shape index (κ1) is 10.4. The number of pyridine rings is 1. The molecule has 0 atom stereocenters. The minimum absolute atomic E-state index is 0.197. The molecule has 0 aliphatic rings. The van der Waals surface area contributed by atoms with Crippen LogP contribution in [0.15, 0.2) is 17.1 Å². The Kier molecular flexibility index (Phi) is 4.47. The lowest BCUT2D eigenvalue weighted by molar-refractivity contribution is 1.18. The van der Waals surface area contributed by atoms with E-state index in [1.165, 1.54) is 6.20 Å². The maximum absolute atomic E-state index is 10.8. The first-order valence-electron chi connectivity index (χ1n) is 3.84. The number of rotatable bonds is 0. The predicted molar refractivity (Wildman–Crippen MR) is 47.9 cm³/mol. The number of aryl methyl sites for hydroxylation is 1. The molecule has 0 saturated carbocycles. The van der Waals surface area contributed by atoms with E-state index in [-0.39, 0.29) is 11.1 Å². The molecule has 3 nitrogen and oxygen atoms in total. The van der Waals surface area contributed by atoms with Crippen LogP contribution in [-0.4, -0.2) is 4.98 Å². The van der Waals surface area contributed by atoms with Crippen molar-refractivity contribution in [3.8, 4) is 6.07 Å². The van der Waals surface area contributed by atoms with Crippen LogP contribution in [0, 0.1) is 18.3 Å². The van der Waals surface area contributed by atoms with Crippen molar-refractivity contribution in [1.29, 1.82) is 5.26 Å². The first-order valence-corrected chi connectivity index (χ1v) is 3.84. The molecule has 0 radical (unpaired) electrons. The molecule has 0 unspecified atom stereocenters. The summed E-state index contributed by atoms with van der Waals surface area (Å²) in [6.45, 7) is 5.73. The van der Waals surface area contributed by atoms with Gasteiger partial charge in [-0.2, -0.15) is 5.26 Å². The summed E-state index contributed by atoms with van der Waals surface area (Å²) in [5.74, 6) is 0. The topological polar surface area (TPSA) is 56.6 Å². The van der Waals surface area contributed by atoms with Gasteiger partial charge in [0.15, 0.2) is 0 Å². The van der Waals surface area contributed by atoms with Gasteiger partial charge in [0, 0.05) is 6.20 Å². The molecule has 64 valence electrons. The number of hydrogen-bond donors (Lipinski definition) is 1. The van der Waals surface area contributed by atoms with E-state index in [4.69, 9.17) is 5.26 Å². The summed E-state index contributed by atoms with van der Waals surface area (Å²) in [6.07, 6.45) is 1.53. The van der Waals surface area contributed by atoms with E-state index in [0.717, 1.165) is 0 Å². The van der Waals surface area contributed by atoms with Crippen LogP contribution >= 0.6 is 0 Å². The molecule has 12 heavy (non-hydrogen) atoms. The fraction of sp³-hybridized carbons (Fsp3) is 0.333. The molecule has 0 spiro atoms. The Morgan fingerprint density at radius 2 is 2.08 bits per heavy atom. The van der Waals surface area contributed by atoms with Gasteiger partial charge in [-0.15, -0.1) is 0 Å². The lowest BCUT2D eigenvalue weighted by Gasteiger charge is -1.90. The molecule has 0 aromatic carbocycles. The van der Waals surface area contributed by atoms with E-state index in [1.807, 2.05) is 19.9 Å². The minimum atomic E-state index is -0.317. The molecule has 0 amide bonds. The van der Waals surface area contributed by atoms with Crippen molar-refractivity contribution < 1.29 is 0 Å². The third-order valence-electron chi connectivity index (χ3n) is 1.28. The Balaban J connectivity index is 0.000000561. The highest BCUT2D eigenvalue weighted by Gasteiger charge is 1.98. The van der Waals surface area contributed by atoms with Gasteiger partial charge in [0.05, 0.1) is 0 Å². The summed E-state index contributed by atoms with van der Waals surface area (Å²) in [5.41, 5.74) is 0.594. The second-order valence-corrected chi connectivity index (χ2v) is 1.98. The molecule has 0 fully saturated rings. The SMILES string of the molecule is CC.Cc1cc[nH]c(=O)c1C#N. The zero-order chi connectivity index (χ0) is 9.56. The zero-order valence-corrected chi connectivity index (χ0v) is 7.51. The third-order valence-corrected chi connectivity index (χ3v) is 1.28. The van der Waals surface area contributed by atoms with Crippen molar-refractivity contribution in [2.24, 2.45) is 0 Å². The highest BCUT2D eigenvalue weighted by Crippen LogP contribution is 1.95. The highest BCUT2D eigenvalue weighted by molar-refractivity contribution is 5.33. The second kappa shape index (κ2) is 5.14. The highest BCUT2D eigenvalue weighted by atomic mass is 16.1. The molecule has 1 heterocycles. The number of nitrogens with zero attached hydrogens (tertiary/aromatic N) is 1. The van der Waals surface area contributed by atoms with Crippen LogP contribution in [0.5, 0.6) is 0 Å². The van der Waals surface area contributed by atoms with Crippen molar-refractivity contribution in [1.82, 2.24) is 4.98 Å². The van der Waals surface area contributed by atoms with E-state index < -0.39 is 0 Å². The average molecular weight is 164 g/mol. The van der Waals surface area contributed by atoms with E-state index in [9.17, 15) is 4.79 Å². The summed E-state index contributed by atoms with van der Waals surface area (Å²) >= 11 is 0. The van der Waals surface area contributed by atoms with Crippen molar-refractivity contribution in [3.05, 3.63) is 33.7 Å². The van der Waals surface area contributed by atoms with Crippen LogP contribution in [0.25, 0.3) is 0 Å². The fourth-order valence-electron chi connectivity index (χ4n) is 0.716. The first-order chi connectivity index (χ1) is 5.75. The number of hydrogen-bond acceptors (Lipinski definition) is 2. The molecule has 0 bridgehead atoms. The lowest BCUT2D eigenvalue weighted by Crippen LogP contribution is -2.09. The molecule has 1 rings (SSSR count). The van der Waals surface area contributed by atoms with Crippen LogP contribution in [0.4, 0.5) is 0 Å². The Labute approximate surface area is 71.7 Å². The van der Waals surface area contributed by atoms with Crippen molar-refractivity contribution in [2.75, 3.05) is 0 Å². The minimum Gasteiger partial charge on any atom is -0.328 e. The van der Waals surface area contributed by atoms with Gasteiger partial charge in [-0.3, -0.25) is 4.79 Å². The molecule has 1 aromatic heterocycles. The van der Waals surface area contributed by atoms with E-state index in [2.05, 4.69) is 4.98 Å². The molecule has 0 saturated heterocycles. The molecule has 0 aliphatic heterocycles. The van der Waals surface area contributed by atoms with Gasteiger partial charge >= 0.3 is 0 Å². The summed E-state index contributed by atoms with van der Waals surface area (Å²) in [7, 11) is 0. The van der Waals surface area contributed by atoms with Gasteiger partial charge in [0.1, 0.15) is 11.6 Å². The van der Waals surface area contributed by atoms with Crippen LogP contribution in [0.3, 0.4) is 0 Å². The lowest BCUT2D eigenvalue weighted by atomic mass is 10.2. The molecule has 3 heteroatoms. The summed E-state index contributed by atoms with van der Waals surface area (Å²) in [6, 6.07) is 3.51. The van der Waals surface area contributed by atoms with Crippen molar-refractivity contribution >= 4 is 0 Å². The number of aromatic amines is 1. The second-order valence-electron chi connectivity index (χ2n) is 1.98. The zero-order valence-electron chi connectivity index (χ0n) is 7.51. The van der Waals surface area contributed by atoms with Gasteiger partial charge < -0.3 is 4.98 Å². The fourth-order valence-corrected chi connectivity index (χ4v) is 0.716. The van der Waals surface area contributed by atoms with Gasteiger partial charge in [0.2, 0.25) is 0 Å². The van der Waals surface area contributed by atoms with Crippen molar-refractivity contribution in [2.45, 2.75) is 20.8 Å². The van der Waals surface area contributed by atoms with Gasteiger partial charge in [-0.25, -0.2) is 0 Å². The Morgan fingerprint density at radius 3 is 2.42 bits per heavy atom. The molecule has 1 N–H and O–H groups in total. The van der Waals surface area contributed by atoms with Gasteiger partial charge in [0.25, 0.3) is 5.56 Å². The smallest absolute Gasteiger partial charge is 0.266 e. The maximum atomic E-state index is 10.8. The number of nitrogens with one attached hydrogen (secondary N) is 1. The quantitative estimate of drug-likeness (QED) is 0.632. The third kappa shape index (κ3) is 2.24. The van der Waals surface area contributed by atoms with Gasteiger partial charge in [-0.1, -0.05) is 13.8 Å². The number of nitriles is 1. The average Bonchev–Trinajstić information content (AvgIpc) is 2.08. The molecular formula is C9H12N2O. The van der Waals surface area contributed by atoms with E-state index in [0.29, 0.717) is 5.56 Å². The number of aromatic nitrogens is 1. The molecule has 1 aromatic rings. The van der Waals surface area contributed by atoms with Crippen LogP contribution in [-0.2, 0) is 0 Å². The maximum Gasteiger partial charge on any atom is 0.266 e.